The number of benzene rings is 1. The number of hydrogen-bond donors (Lipinski definition) is 2. The van der Waals surface area contributed by atoms with Crippen LogP contribution in [0.5, 0.6) is 5.75 Å². The molecule has 0 aliphatic heterocycles. The Hall–Kier alpha value is -1.64. The van der Waals surface area contributed by atoms with Crippen molar-refractivity contribution in [3.63, 3.8) is 0 Å². The number of esters is 1. The van der Waals surface area contributed by atoms with Gasteiger partial charge in [-0.3, -0.25) is 4.79 Å². The van der Waals surface area contributed by atoms with Gasteiger partial charge in [0.1, 0.15) is 5.75 Å². The van der Waals surface area contributed by atoms with Crippen LogP contribution in [0.4, 0.5) is 0 Å². The SMILES string of the molecule is COC(=O)CCN(C)S(=O)(=O)NCCc1ccc(O)cc1. The summed E-state index contributed by atoms with van der Waals surface area (Å²) in [7, 11) is -0.965. The molecule has 2 N–H and O–H groups in total. The number of methoxy groups -OCH3 is 1. The van der Waals surface area contributed by atoms with Gasteiger partial charge >= 0.3 is 5.97 Å². The number of phenolic OH excluding ortho intramolecular Hbond substituents is 1. The summed E-state index contributed by atoms with van der Waals surface area (Å²) >= 11 is 0. The van der Waals surface area contributed by atoms with E-state index in [1.165, 1.54) is 14.2 Å². The summed E-state index contributed by atoms with van der Waals surface area (Å²) < 4.78 is 31.8. The van der Waals surface area contributed by atoms with Gasteiger partial charge in [0.15, 0.2) is 0 Å². The molecule has 1 aromatic rings. The maximum atomic E-state index is 11.9. The maximum Gasteiger partial charge on any atom is 0.306 e. The first kappa shape index (κ1) is 17.4. The van der Waals surface area contributed by atoms with E-state index in [1.807, 2.05) is 0 Å². The molecule has 0 spiro atoms. The van der Waals surface area contributed by atoms with Crippen LogP contribution in [-0.4, -0.2) is 51.0 Å². The largest absolute Gasteiger partial charge is 0.508 e. The highest BCUT2D eigenvalue weighted by Gasteiger charge is 2.17. The monoisotopic (exact) mass is 316 g/mol. The van der Waals surface area contributed by atoms with Crippen LogP contribution in [0.2, 0.25) is 0 Å². The molecule has 21 heavy (non-hydrogen) atoms. The van der Waals surface area contributed by atoms with Crippen LogP contribution < -0.4 is 4.72 Å². The third-order valence-electron chi connectivity index (χ3n) is 2.90. The molecule has 0 aliphatic rings. The van der Waals surface area contributed by atoms with Gasteiger partial charge in [0, 0.05) is 20.1 Å². The zero-order valence-electron chi connectivity index (χ0n) is 12.1. The molecule has 118 valence electrons. The molecule has 0 bridgehead atoms. The van der Waals surface area contributed by atoms with Crippen LogP contribution in [0.3, 0.4) is 0 Å². The van der Waals surface area contributed by atoms with Gasteiger partial charge in [-0.15, -0.1) is 0 Å². The minimum atomic E-state index is -3.62. The zero-order chi connectivity index (χ0) is 15.9. The highest BCUT2D eigenvalue weighted by molar-refractivity contribution is 7.87. The highest BCUT2D eigenvalue weighted by Crippen LogP contribution is 2.09. The number of hydrogen-bond acceptors (Lipinski definition) is 5. The van der Waals surface area contributed by atoms with Gasteiger partial charge in [-0.2, -0.15) is 12.7 Å². The zero-order valence-corrected chi connectivity index (χ0v) is 12.9. The summed E-state index contributed by atoms with van der Waals surface area (Å²) in [4.78, 5) is 11.0. The van der Waals surface area contributed by atoms with E-state index in [-0.39, 0.29) is 25.3 Å². The Labute approximate surface area is 124 Å². The minimum Gasteiger partial charge on any atom is -0.508 e. The molecular formula is C13H20N2O5S. The average Bonchev–Trinajstić information content (AvgIpc) is 2.46. The number of aromatic hydroxyl groups is 1. The molecule has 0 saturated heterocycles. The number of carbonyl (C=O) groups excluding carboxylic acids is 1. The molecule has 0 saturated carbocycles. The lowest BCUT2D eigenvalue weighted by molar-refractivity contribution is -0.140. The van der Waals surface area contributed by atoms with Crippen molar-refractivity contribution < 1.29 is 23.1 Å². The molecule has 7 nitrogen and oxygen atoms in total. The first-order chi connectivity index (χ1) is 9.85. The Morgan fingerprint density at radius 3 is 2.52 bits per heavy atom. The Bertz CT molecular complexity index is 556. The Morgan fingerprint density at radius 1 is 1.33 bits per heavy atom. The van der Waals surface area contributed by atoms with Crippen molar-refractivity contribution in [3.05, 3.63) is 29.8 Å². The lowest BCUT2D eigenvalue weighted by Crippen LogP contribution is -2.40. The van der Waals surface area contributed by atoms with E-state index in [0.29, 0.717) is 6.42 Å². The van der Waals surface area contributed by atoms with Crippen molar-refractivity contribution in [1.82, 2.24) is 9.03 Å². The second kappa shape index (κ2) is 7.96. The smallest absolute Gasteiger partial charge is 0.306 e. The molecule has 0 amide bonds. The molecular weight excluding hydrogens is 296 g/mol. The van der Waals surface area contributed by atoms with E-state index in [9.17, 15) is 13.2 Å². The molecule has 8 heteroatoms. The number of rotatable bonds is 8. The normalized spacial score (nSPS) is 11.6. The summed E-state index contributed by atoms with van der Waals surface area (Å²) in [6.45, 7) is 0.289. The second-order valence-corrected chi connectivity index (χ2v) is 6.33. The van der Waals surface area contributed by atoms with Crippen molar-refractivity contribution in [2.75, 3.05) is 27.2 Å². The van der Waals surface area contributed by atoms with Gasteiger partial charge in [0.2, 0.25) is 0 Å². The lowest BCUT2D eigenvalue weighted by atomic mass is 10.1. The molecule has 0 radical (unpaired) electrons. The first-order valence-electron chi connectivity index (χ1n) is 6.41. The fraction of sp³-hybridized carbons (Fsp3) is 0.462. The summed E-state index contributed by atoms with van der Waals surface area (Å²) in [6, 6.07) is 6.55. The third-order valence-corrected chi connectivity index (χ3v) is 4.48. The van der Waals surface area contributed by atoms with Crippen LogP contribution in [0.1, 0.15) is 12.0 Å². The molecule has 0 heterocycles. The molecule has 0 fully saturated rings. The summed E-state index contributed by atoms with van der Waals surface area (Å²) in [5.74, 6) is -0.289. The molecule has 0 aliphatic carbocycles. The predicted molar refractivity (Wildman–Crippen MR) is 78.0 cm³/mol. The van der Waals surface area contributed by atoms with Crippen molar-refractivity contribution in [2.45, 2.75) is 12.8 Å². The molecule has 1 rings (SSSR count). The number of nitrogens with zero attached hydrogens (tertiary/aromatic N) is 1. The van der Waals surface area contributed by atoms with Gasteiger partial charge in [-0.1, -0.05) is 12.1 Å². The van der Waals surface area contributed by atoms with E-state index >= 15 is 0 Å². The standard InChI is InChI=1S/C13H20N2O5S/c1-15(10-8-13(17)20-2)21(18,19)14-9-7-11-3-5-12(16)6-4-11/h3-6,14,16H,7-10H2,1-2H3. The van der Waals surface area contributed by atoms with Crippen LogP contribution in [0, 0.1) is 0 Å². The van der Waals surface area contributed by atoms with Crippen molar-refractivity contribution in [2.24, 2.45) is 0 Å². The van der Waals surface area contributed by atoms with Crippen LogP contribution >= 0.6 is 0 Å². The molecule has 0 unspecified atom stereocenters. The fourth-order valence-corrected chi connectivity index (χ4v) is 2.48. The van der Waals surface area contributed by atoms with E-state index in [2.05, 4.69) is 9.46 Å². The Kier molecular flexibility index (Phi) is 6.60. The van der Waals surface area contributed by atoms with Gasteiger partial charge in [0.25, 0.3) is 10.2 Å². The van der Waals surface area contributed by atoms with Gasteiger partial charge in [-0.25, -0.2) is 4.72 Å². The second-order valence-electron chi connectivity index (χ2n) is 4.46. The van der Waals surface area contributed by atoms with E-state index < -0.39 is 16.2 Å². The topological polar surface area (TPSA) is 95.9 Å². The van der Waals surface area contributed by atoms with Gasteiger partial charge in [0.05, 0.1) is 13.5 Å². The summed E-state index contributed by atoms with van der Waals surface area (Å²) in [5.41, 5.74) is 0.910. The minimum absolute atomic E-state index is 0.00583. The van der Waals surface area contributed by atoms with Crippen molar-refractivity contribution in [1.29, 1.82) is 0 Å². The predicted octanol–water partition coefficient (Wildman–Crippen LogP) is 0.264. The third kappa shape index (κ3) is 6.11. The summed E-state index contributed by atoms with van der Waals surface area (Å²) in [6.07, 6.45) is 0.510. The summed E-state index contributed by atoms with van der Waals surface area (Å²) in [5, 5.41) is 9.15. The molecule has 0 atom stereocenters. The van der Waals surface area contributed by atoms with E-state index in [1.54, 1.807) is 24.3 Å². The molecule has 1 aromatic carbocycles. The quantitative estimate of drug-likeness (QED) is 0.671. The van der Waals surface area contributed by atoms with Crippen molar-refractivity contribution in [3.8, 4) is 5.75 Å². The van der Waals surface area contributed by atoms with E-state index in [4.69, 9.17) is 5.11 Å². The fourth-order valence-electron chi connectivity index (χ4n) is 1.57. The van der Waals surface area contributed by atoms with Gasteiger partial charge < -0.3 is 9.84 Å². The first-order valence-corrected chi connectivity index (χ1v) is 7.85. The lowest BCUT2D eigenvalue weighted by Gasteiger charge is -2.17. The van der Waals surface area contributed by atoms with Crippen LogP contribution in [0.25, 0.3) is 0 Å². The molecule has 0 aromatic heterocycles. The average molecular weight is 316 g/mol. The van der Waals surface area contributed by atoms with Crippen molar-refractivity contribution >= 4 is 16.2 Å². The van der Waals surface area contributed by atoms with Gasteiger partial charge in [-0.05, 0) is 24.1 Å². The Morgan fingerprint density at radius 2 is 1.95 bits per heavy atom. The van der Waals surface area contributed by atoms with E-state index in [0.717, 1.165) is 9.87 Å². The number of nitrogens with one attached hydrogen (secondary N) is 1. The number of phenols is 1. The Balaban J connectivity index is 2.41. The van der Waals surface area contributed by atoms with Crippen LogP contribution in [-0.2, 0) is 26.2 Å². The van der Waals surface area contributed by atoms with Crippen LogP contribution in [0.15, 0.2) is 24.3 Å². The number of ether oxygens (including phenoxy) is 1. The highest BCUT2D eigenvalue weighted by atomic mass is 32.2. The number of carbonyl (C=O) groups is 1. The maximum absolute atomic E-state index is 11.9.